The predicted molar refractivity (Wildman–Crippen MR) is 135 cm³/mol. The Hall–Kier alpha value is -3.75. The number of nitrogens with one attached hydrogen (secondary N) is 1. The van der Waals surface area contributed by atoms with Gasteiger partial charge >= 0.3 is 0 Å². The van der Waals surface area contributed by atoms with E-state index in [0.29, 0.717) is 24.3 Å². The number of ketones is 1. The van der Waals surface area contributed by atoms with Crippen LogP contribution in [0.3, 0.4) is 0 Å². The van der Waals surface area contributed by atoms with Crippen molar-refractivity contribution in [3.8, 4) is 11.1 Å². The van der Waals surface area contributed by atoms with Crippen LogP contribution in [-0.4, -0.2) is 41.9 Å². The van der Waals surface area contributed by atoms with Crippen LogP contribution in [0.1, 0.15) is 29.8 Å². The fourth-order valence-electron chi connectivity index (χ4n) is 4.45. The highest BCUT2D eigenvalue weighted by molar-refractivity contribution is 7.89. The monoisotopic (exact) mass is 487 g/mol. The molecule has 0 spiro atoms. The molecule has 1 saturated heterocycles. The average molecular weight is 488 g/mol. The number of benzene rings is 2. The van der Waals surface area contributed by atoms with Crippen LogP contribution < -0.4 is 5.32 Å². The van der Waals surface area contributed by atoms with Crippen molar-refractivity contribution in [2.45, 2.75) is 24.2 Å². The molecule has 8 heteroatoms. The number of hydrogen-bond donors (Lipinski definition) is 1. The molecule has 0 atom stereocenters. The molecular formula is C27H25N3O4S. The van der Waals surface area contributed by atoms with Gasteiger partial charge in [0.15, 0.2) is 0 Å². The van der Waals surface area contributed by atoms with Crippen molar-refractivity contribution in [2.24, 2.45) is 0 Å². The summed E-state index contributed by atoms with van der Waals surface area (Å²) in [5.74, 6) is -1.47. The number of pyridine rings is 1. The van der Waals surface area contributed by atoms with Crippen molar-refractivity contribution < 1.29 is 18.0 Å². The molecule has 178 valence electrons. The van der Waals surface area contributed by atoms with E-state index in [1.165, 1.54) is 28.6 Å². The van der Waals surface area contributed by atoms with Crippen LogP contribution in [0.4, 0.5) is 5.69 Å². The first kappa shape index (κ1) is 23.0. The summed E-state index contributed by atoms with van der Waals surface area (Å²) in [6.07, 6.45) is 4.50. The van der Waals surface area contributed by atoms with Gasteiger partial charge in [-0.1, -0.05) is 42.8 Å². The number of carbonyl (C=O) groups is 2. The van der Waals surface area contributed by atoms with Gasteiger partial charge in [0.25, 0.3) is 11.7 Å². The van der Waals surface area contributed by atoms with Crippen molar-refractivity contribution >= 4 is 32.9 Å². The van der Waals surface area contributed by atoms with Crippen molar-refractivity contribution in [3.05, 3.63) is 90.8 Å². The number of sulfonamides is 1. The topological polar surface area (TPSA) is 88.0 Å². The number of hydrogen-bond acceptors (Lipinski definition) is 4. The second kappa shape index (κ2) is 9.48. The summed E-state index contributed by atoms with van der Waals surface area (Å²) in [4.78, 5) is 26.5. The molecule has 0 radical (unpaired) electrons. The van der Waals surface area contributed by atoms with E-state index in [4.69, 9.17) is 0 Å². The van der Waals surface area contributed by atoms with Gasteiger partial charge in [0, 0.05) is 36.1 Å². The zero-order valence-corrected chi connectivity index (χ0v) is 19.9. The first-order valence-corrected chi connectivity index (χ1v) is 13.0. The molecule has 4 aromatic rings. The molecule has 0 saturated carbocycles. The highest BCUT2D eigenvalue weighted by Gasteiger charge is 2.27. The van der Waals surface area contributed by atoms with Crippen molar-refractivity contribution in [3.63, 3.8) is 0 Å². The predicted octanol–water partition coefficient (Wildman–Crippen LogP) is 4.60. The van der Waals surface area contributed by atoms with E-state index in [9.17, 15) is 18.0 Å². The second-order valence-corrected chi connectivity index (χ2v) is 10.5. The summed E-state index contributed by atoms with van der Waals surface area (Å²) >= 11 is 0. The number of piperidine rings is 1. The molecule has 3 heterocycles. The van der Waals surface area contributed by atoms with Gasteiger partial charge in [-0.25, -0.2) is 8.42 Å². The zero-order chi connectivity index (χ0) is 24.4. The number of rotatable bonds is 6. The quantitative estimate of drug-likeness (QED) is 0.318. The molecule has 1 amide bonds. The van der Waals surface area contributed by atoms with Crippen molar-refractivity contribution in [2.75, 3.05) is 18.4 Å². The van der Waals surface area contributed by atoms with Crippen LogP contribution in [0.5, 0.6) is 0 Å². The zero-order valence-electron chi connectivity index (χ0n) is 19.1. The van der Waals surface area contributed by atoms with E-state index in [-0.39, 0.29) is 10.6 Å². The number of aromatic nitrogens is 1. The van der Waals surface area contributed by atoms with Crippen LogP contribution in [0, 0.1) is 0 Å². The van der Waals surface area contributed by atoms with Crippen LogP contribution in [0.2, 0.25) is 0 Å². The van der Waals surface area contributed by atoms with E-state index in [1.807, 2.05) is 48.5 Å². The van der Waals surface area contributed by atoms with Gasteiger partial charge < -0.3 is 9.72 Å². The van der Waals surface area contributed by atoms with E-state index in [1.54, 1.807) is 16.7 Å². The van der Waals surface area contributed by atoms with E-state index >= 15 is 0 Å². The molecule has 35 heavy (non-hydrogen) atoms. The molecule has 1 aliphatic rings. The van der Waals surface area contributed by atoms with Gasteiger partial charge in [0.2, 0.25) is 10.0 Å². The number of amides is 1. The third-order valence-electron chi connectivity index (χ3n) is 6.25. The van der Waals surface area contributed by atoms with E-state index in [0.717, 1.165) is 30.3 Å². The molecule has 0 aliphatic carbocycles. The maximum absolute atomic E-state index is 13.3. The van der Waals surface area contributed by atoms with Crippen molar-refractivity contribution in [1.29, 1.82) is 0 Å². The second-order valence-electron chi connectivity index (χ2n) is 8.54. The Kier molecular flexibility index (Phi) is 6.23. The lowest BCUT2D eigenvalue weighted by Crippen LogP contribution is -2.35. The Bertz CT molecular complexity index is 1490. The number of anilines is 1. The first-order chi connectivity index (χ1) is 16.9. The maximum atomic E-state index is 13.3. The number of fused-ring (bicyclic) bond motifs is 1. The fourth-order valence-corrected chi connectivity index (χ4v) is 5.97. The molecule has 1 N–H and O–H groups in total. The molecule has 2 aromatic carbocycles. The minimum atomic E-state index is -3.57. The van der Waals surface area contributed by atoms with Gasteiger partial charge in [0.1, 0.15) is 5.69 Å². The smallest absolute Gasteiger partial charge is 0.298 e. The van der Waals surface area contributed by atoms with Crippen LogP contribution in [-0.2, 0) is 14.8 Å². The lowest BCUT2D eigenvalue weighted by atomic mass is 10.0. The molecule has 1 fully saturated rings. The van der Waals surface area contributed by atoms with E-state index < -0.39 is 21.7 Å². The molecule has 5 rings (SSSR count). The van der Waals surface area contributed by atoms with Gasteiger partial charge in [0.05, 0.1) is 4.90 Å². The lowest BCUT2D eigenvalue weighted by molar-refractivity contribution is -0.112. The van der Waals surface area contributed by atoms with E-state index in [2.05, 4.69) is 5.32 Å². The highest BCUT2D eigenvalue weighted by atomic mass is 32.2. The number of nitrogens with zero attached hydrogens (tertiary/aromatic N) is 2. The Morgan fingerprint density at radius 2 is 1.49 bits per heavy atom. The third kappa shape index (κ3) is 4.50. The van der Waals surface area contributed by atoms with Gasteiger partial charge in [-0.05, 0) is 60.9 Å². The Labute approximate surface area is 204 Å². The standard InChI is InChI=1S/C27H25N3O4S/c31-26(25-24(20-9-3-1-4-10-20)19-22-11-5-8-18-30(22)25)27(32)28-21-12-14-23(15-13-21)35(33,34)29-16-6-2-7-17-29/h1,3-5,8-15,18-19H,2,6-7,16-17H2,(H,28,32). The Morgan fingerprint density at radius 1 is 0.800 bits per heavy atom. The lowest BCUT2D eigenvalue weighted by Gasteiger charge is -2.25. The summed E-state index contributed by atoms with van der Waals surface area (Å²) in [7, 11) is -3.57. The van der Waals surface area contributed by atoms with Crippen molar-refractivity contribution in [1.82, 2.24) is 8.71 Å². The Morgan fingerprint density at radius 3 is 2.20 bits per heavy atom. The fraction of sp³-hybridized carbons (Fsp3) is 0.185. The maximum Gasteiger partial charge on any atom is 0.298 e. The molecule has 0 bridgehead atoms. The first-order valence-electron chi connectivity index (χ1n) is 11.6. The van der Waals surface area contributed by atoms with Gasteiger partial charge in [-0.15, -0.1) is 0 Å². The normalized spacial score (nSPS) is 14.6. The number of Topliss-reactive ketones (excluding diaryl/α,β-unsaturated/α-hetero) is 1. The Balaban J connectivity index is 1.40. The van der Waals surface area contributed by atoms with Crippen LogP contribution in [0.15, 0.2) is 90.0 Å². The van der Waals surface area contributed by atoms with Gasteiger partial charge in [-0.2, -0.15) is 4.31 Å². The molecule has 0 unspecified atom stereocenters. The summed E-state index contributed by atoms with van der Waals surface area (Å²) in [6.45, 7) is 1.04. The molecular weight excluding hydrogens is 462 g/mol. The summed E-state index contributed by atoms with van der Waals surface area (Å²) in [5.41, 5.74) is 2.92. The highest BCUT2D eigenvalue weighted by Crippen LogP contribution is 2.29. The minimum Gasteiger partial charge on any atom is -0.319 e. The van der Waals surface area contributed by atoms with Crippen LogP contribution in [0.25, 0.3) is 16.6 Å². The largest absolute Gasteiger partial charge is 0.319 e. The van der Waals surface area contributed by atoms with Crippen LogP contribution >= 0.6 is 0 Å². The van der Waals surface area contributed by atoms with Gasteiger partial charge in [-0.3, -0.25) is 9.59 Å². The third-order valence-corrected chi connectivity index (χ3v) is 8.16. The SMILES string of the molecule is O=C(Nc1ccc(S(=O)(=O)N2CCCCC2)cc1)C(=O)c1c(-c2ccccc2)cc2ccccn12. The molecule has 2 aromatic heterocycles. The number of carbonyl (C=O) groups excluding carboxylic acids is 2. The molecule has 1 aliphatic heterocycles. The summed E-state index contributed by atoms with van der Waals surface area (Å²) < 4.78 is 28.9. The average Bonchev–Trinajstić information content (AvgIpc) is 3.29. The summed E-state index contributed by atoms with van der Waals surface area (Å²) in [6, 6.07) is 22.8. The molecule has 7 nitrogen and oxygen atoms in total. The summed E-state index contributed by atoms with van der Waals surface area (Å²) in [5, 5.41) is 2.62. The minimum absolute atomic E-state index is 0.174.